The third-order valence-electron chi connectivity index (χ3n) is 7.30. The molecular formula is C32H26BrN3O5S. The summed E-state index contributed by atoms with van der Waals surface area (Å²) in [5.74, 6) is 1.05. The molecule has 1 atom stereocenters. The minimum Gasteiger partial charge on any atom is -0.497 e. The second kappa shape index (κ2) is 11.1. The molecule has 42 heavy (non-hydrogen) atoms. The lowest BCUT2D eigenvalue weighted by atomic mass is 9.91. The maximum Gasteiger partial charge on any atom is 0.279 e. The van der Waals surface area contributed by atoms with Crippen molar-refractivity contribution in [1.82, 2.24) is 9.40 Å². The van der Waals surface area contributed by atoms with Gasteiger partial charge in [0.05, 0.1) is 36.4 Å². The molecule has 0 saturated heterocycles. The highest BCUT2D eigenvalue weighted by Gasteiger charge is 2.40. The van der Waals surface area contributed by atoms with Crippen LogP contribution in [0.5, 0.6) is 11.5 Å². The Hall–Kier alpha value is -4.41. The molecule has 0 aliphatic carbocycles. The summed E-state index contributed by atoms with van der Waals surface area (Å²) in [4.78, 5) is 16.8. The number of methoxy groups -OCH3 is 2. The van der Waals surface area contributed by atoms with Gasteiger partial charge in [-0.15, -0.1) is 0 Å². The van der Waals surface area contributed by atoms with Gasteiger partial charge in [-0.2, -0.15) is 17.9 Å². The predicted octanol–water partition coefficient (Wildman–Crippen LogP) is 6.51. The van der Waals surface area contributed by atoms with Crippen LogP contribution in [0.25, 0.3) is 22.0 Å². The van der Waals surface area contributed by atoms with Crippen molar-refractivity contribution in [2.75, 3.05) is 14.2 Å². The molecule has 0 radical (unpaired) electrons. The van der Waals surface area contributed by atoms with Crippen molar-refractivity contribution < 1.29 is 17.9 Å². The number of para-hydroxylation sites is 1. The number of halogens is 1. The number of nitrogens with one attached hydrogen (secondary N) is 1. The number of pyridine rings is 1. The fraction of sp³-hybridized carbons (Fsp3) is 0.125. The molecule has 1 N–H and O–H groups in total. The van der Waals surface area contributed by atoms with Crippen molar-refractivity contribution in [3.05, 3.63) is 123 Å². The van der Waals surface area contributed by atoms with E-state index >= 15 is 0 Å². The van der Waals surface area contributed by atoms with Crippen molar-refractivity contribution >= 4 is 42.6 Å². The Balaban J connectivity index is 1.60. The SMILES string of the molecule is COc1ccc(S(=O)(=O)N2N=C(c3c(-c4ccccc4)c4cc(Br)ccc4[nH]c3=O)C[C@H]2c2ccccc2OC)cc1. The molecule has 4 aromatic carbocycles. The molecule has 2 heterocycles. The van der Waals surface area contributed by atoms with Gasteiger partial charge < -0.3 is 14.5 Å². The summed E-state index contributed by atoms with van der Waals surface area (Å²) >= 11 is 3.56. The number of aromatic nitrogens is 1. The van der Waals surface area contributed by atoms with Crippen molar-refractivity contribution in [1.29, 1.82) is 0 Å². The molecule has 0 spiro atoms. The molecule has 8 nitrogen and oxygen atoms in total. The zero-order valence-corrected chi connectivity index (χ0v) is 25.1. The molecule has 10 heteroatoms. The number of H-pyrrole nitrogens is 1. The van der Waals surface area contributed by atoms with Crippen LogP contribution in [0.4, 0.5) is 0 Å². The fourth-order valence-electron chi connectivity index (χ4n) is 5.34. The van der Waals surface area contributed by atoms with E-state index in [1.165, 1.54) is 26.4 Å². The summed E-state index contributed by atoms with van der Waals surface area (Å²) in [5.41, 5.74) is 3.10. The van der Waals surface area contributed by atoms with Crippen molar-refractivity contribution in [2.24, 2.45) is 5.10 Å². The number of aromatic amines is 1. The van der Waals surface area contributed by atoms with Crippen LogP contribution in [-0.2, 0) is 10.0 Å². The van der Waals surface area contributed by atoms with Gasteiger partial charge in [-0.1, -0.05) is 64.5 Å². The van der Waals surface area contributed by atoms with E-state index in [0.717, 1.165) is 19.8 Å². The molecular weight excluding hydrogens is 618 g/mol. The van der Waals surface area contributed by atoms with E-state index in [-0.39, 0.29) is 16.9 Å². The first kappa shape index (κ1) is 27.7. The van der Waals surface area contributed by atoms with E-state index in [9.17, 15) is 13.2 Å². The van der Waals surface area contributed by atoms with E-state index in [0.29, 0.717) is 39.4 Å². The van der Waals surface area contributed by atoms with Gasteiger partial charge in [0, 0.05) is 32.9 Å². The number of ether oxygens (including phenoxy) is 2. The molecule has 0 fully saturated rings. The highest BCUT2D eigenvalue weighted by molar-refractivity contribution is 9.10. The molecule has 1 aromatic heterocycles. The average Bonchev–Trinajstić information content (AvgIpc) is 3.47. The molecule has 0 bridgehead atoms. The zero-order valence-electron chi connectivity index (χ0n) is 22.7. The van der Waals surface area contributed by atoms with Crippen LogP contribution in [0.3, 0.4) is 0 Å². The quantitative estimate of drug-likeness (QED) is 0.218. The van der Waals surface area contributed by atoms with Gasteiger partial charge >= 0.3 is 0 Å². The van der Waals surface area contributed by atoms with E-state index < -0.39 is 16.1 Å². The maximum atomic E-state index is 14.1. The van der Waals surface area contributed by atoms with Gasteiger partial charge in [0.25, 0.3) is 15.6 Å². The number of rotatable bonds is 7. The number of sulfonamides is 1. The first-order chi connectivity index (χ1) is 20.3. The van der Waals surface area contributed by atoms with Crippen molar-refractivity contribution in [3.63, 3.8) is 0 Å². The summed E-state index contributed by atoms with van der Waals surface area (Å²) in [6.07, 6.45) is 0.151. The third-order valence-corrected chi connectivity index (χ3v) is 9.49. The van der Waals surface area contributed by atoms with Gasteiger partial charge in [-0.05, 0) is 54.1 Å². The van der Waals surface area contributed by atoms with Crippen LogP contribution < -0.4 is 15.0 Å². The number of hydrogen-bond donors (Lipinski definition) is 1. The fourth-order valence-corrected chi connectivity index (χ4v) is 7.12. The lowest BCUT2D eigenvalue weighted by Gasteiger charge is -2.24. The van der Waals surface area contributed by atoms with E-state index in [1.54, 1.807) is 18.2 Å². The molecule has 0 amide bonds. The summed E-state index contributed by atoms with van der Waals surface area (Å²) in [6, 6.07) is 27.8. The third kappa shape index (κ3) is 4.86. The van der Waals surface area contributed by atoms with Gasteiger partial charge in [0.2, 0.25) is 0 Å². The normalized spacial score (nSPS) is 15.1. The van der Waals surface area contributed by atoms with Gasteiger partial charge in [0.1, 0.15) is 11.5 Å². The molecule has 5 aromatic rings. The second-order valence-electron chi connectivity index (χ2n) is 9.72. The largest absolute Gasteiger partial charge is 0.497 e. The maximum absolute atomic E-state index is 14.1. The smallest absolute Gasteiger partial charge is 0.279 e. The van der Waals surface area contributed by atoms with Crippen molar-refractivity contribution in [2.45, 2.75) is 17.4 Å². The lowest BCUT2D eigenvalue weighted by molar-refractivity contribution is 0.350. The molecule has 1 aliphatic heterocycles. The first-order valence-corrected chi connectivity index (χ1v) is 15.4. The Morgan fingerprint density at radius 1 is 0.881 bits per heavy atom. The summed E-state index contributed by atoms with van der Waals surface area (Å²) in [5, 5.41) is 5.51. The van der Waals surface area contributed by atoms with Crippen LogP contribution in [0.1, 0.15) is 23.6 Å². The Kier molecular flexibility index (Phi) is 7.34. The summed E-state index contributed by atoms with van der Waals surface area (Å²) in [6.45, 7) is 0. The number of benzene rings is 4. The monoisotopic (exact) mass is 643 g/mol. The number of fused-ring (bicyclic) bond motifs is 1. The molecule has 0 unspecified atom stereocenters. The zero-order chi connectivity index (χ0) is 29.4. The number of hydrazone groups is 1. The van der Waals surface area contributed by atoms with Gasteiger partial charge in [0.15, 0.2) is 0 Å². The number of nitrogens with zero attached hydrogens (tertiary/aromatic N) is 2. The Bertz CT molecular complexity index is 1990. The summed E-state index contributed by atoms with van der Waals surface area (Å²) < 4.78 is 41.1. The first-order valence-electron chi connectivity index (χ1n) is 13.1. The highest BCUT2D eigenvalue weighted by Crippen LogP contribution is 2.42. The highest BCUT2D eigenvalue weighted by atomic mass is 79.9. The van der Waals surface area contributed by atoms with Crippen LogP contribution in [0, 0.1) is 0 Å². The predicted molar refractivity (Wildman–Crippen MR) is 167 cm³/mol. The van der Waals surface area contributed by atoms with E-state index in [1.807, 2.05) is 66.7 Å². The van der Waals surface area contributed by atoms with E-state index in [2.05, 4.69) is 20.9 Å². The van der Waals surface area contributed by atoms with Gasteiger partial charge in [-0.3, -0.25) is 4.79 Å². The Morgan fingerprint density at radius 2 is 1.60 bits per heavy atom. The molecule has 212 valence electrons. The summed E-state index contributed by atoms with van der Waals surface area (Å²) in [7, 11) is -1.10. The van der Waals surface area contributed by atoms with Crippen LogP contribution in [0.2, 0.25) is 0 Å². The van der Waals surface area contributed by atoms with Gasteiger partial charge in [-0.25, -0.2) is 0 Å². The Labute approximate surface area is 251 Å². The van der Waals surface area contributed by atoms with Crippen LogP contribution >= 0.6 is 15.9 Å². The minimum atomic E-state index is -4.15. The second-order valence-corrected chi connectivity index (χ2v) is 12.4. The minimum absolute atomic E-state index is 0.0489. The van der Waals surface area contributed by atoms with Crippen LogP contribution in [-0.4, -0.2) is 37.7 Å². The lowest BCUT2D eigenvalue weighted by Crippen LogP contribution is -2.27. The van der Waals surface area contributed by atoms with Crippen LogP contribution in [0.15, 0.2) is 116 Å². The molecule has 0 saturated carbocycles. The standard InChI is InChI=1S/C32H26BrN3O5S/c1-40-22-13-15-23(16-14-22)42(38,39)36-28(24-10-6-7-11-29(24)41-2)19-27(35-36)31-30(20-8-4-3-5-9-20)25-18-21(33)12-17-26(25)34-32(31)37/h3-18,28H,19H2,1-2H3,(H,34,37)/t28-/m0/s1. The topological polar surface area (TPSA) is 101 Å². The average molecular weight is 645 g/mol. The Morgan fingerprint density at radius 3 is 2.31 bits per heavy atom. The molecule has 6 rings (SSSR count). The number of hydrogen-bond acceptors (Lipinski definition) is 6. The van der Waals surface area contributed by atoms with E-state index in [4.69, 9.17) is 14.6 Å². The molecule has 1 aliphatic rings. The van der Waals surface area contributed by atoms with Crippen molar-refractivity contribution in [3.8, 4) is 22.6 Å².